The van der Waals surface area contributed by atoms with Gasteiger partial charge in [-0.2, -0.15) is 0 Å². The van der Waals surface area contributed by atoms with Gasteiger partial charge in [0.05, 0.1) is 17.7 Å². The molecule has 0 aliphatic rings. The summed E-state index contributed by atoms with van der Waals surface area (Å²) in [6.45, 7) is 0.448. The van der Waals surface area contributed by atoms with Gasteiger partial charge in [-0.3, -0.25) is 0 Å². The molecule has 1 unspecified atom stereocenters. The first-order valence-corrected chi connectivity index (χ1v) is 6.03. The zero-order valence-corrected chi connectivity index (χ0v) is 11.2. The Morgan fingerprint density at radius 3 is 2.89 bits per heavy atom. The maximum atomic E-state index is 12.9. The average molecular weight is 291 g/mol. The number of ether oxygens (including phenoxy) is 1. The average Bonchev–Trinajstić information content (AvgIpc) is 2.38. The van der Waals surface area contributed by atoms with Crippen molar-refractivity contribution in [1.82, 2.24) is 10.6 Å². The maximum Gasteiger partial charge on any atom is 0.315 e. The zero-order valence-electron chi connectivity index (χ0n) is 10.5. The summed E-state index contributed by atoms with van der Waals surface area (Å²) in [5, 5.41) is 14.4. The third-order valence-electron chi connectivity index (χ3n) is 2.29. The highest BCUT2D eigenvalue weighted by atomic mass is 35.5. The first-order chi connectivity index (χ1) is 9.02. The predicted molar refractivity (Wildman–Crippen MR) is 69.5 cm³/mol. The van der Waals surface area contributed by atoms with E-state index in [1.165, 1.54) is 25.3 Å². The van der Waals surface area contributed by atoms with Crippen molar-refractivity contribution in [1.29, 1.82) is 0 Å². The number of hydrogen-bond acceptors (Lipinski definition) is 3. The number of rotatable bonds is 6. The molecule has 0 heterocycles. The second-order valence-electron chi connectivity index (χ2n) is 3.92. The fourth-order valence-corrected chi connectivity index (χ4v) is 1.56. The minimum atomic E-state index is -0.754. The molecule has 1 aromatic rings. The molecule has 0 aliphatic heterocycles. The van der Waals surface area contributed by atoms with Crippen LogP contribution in [0.2, 0.25) is 5.02 Å². The Balaban J connectivity index is 2.31. The summed E-state index contributed by atoms with van der Waals surface area (Å²) in [6, 6.07) is 3.77. The van der Waals surface area contributed by atoms with Gasteiger partial charge in [0, 0.05) is 20.2 Å². The van der Waals surface area contributed by atoms with E-state index >= 15 is 0 Å². The zero-order chi connectivity index (χ0) is 14.3. The van der Waals surface area contributed by atoms with Crippen LogP contribution in [0.25, 0.3) is 0 Å². The molecule has 7 heteroatoms. The number of hydrogen-bond donors (Lipinski definition) is 3. The van der Waals surface area contributed by atoms with Crippen LogP contribution in [0, 0.1) is 5.82 Å². The van der Waals surface area contributed by atoms with Gasteiger partial charge in [0.15, 0.2) is 0 Å². The maximum absolute atomic E-state index is 12.9. The summed E-state index contributed by atoms with van der Waals surface area (Å²) < 4.78 is 17.6. The Labute approximate surface area is 115 Å². The van der Waals surface area contributed by atoms with Crippen molar-refractivity contribution in [2.75, 3.05) is 20.3 Å². The van der Waals surface area contributed by atoms with Crippen molar-refractivity contribution >= 4 is 17.6 Å². The predicted octanol–water partition coefficient (Wildman–Crippen LogP) is 1.29. The second kappa shape index (κ2) is 7.93. The molecule has 0 aromatic heterocycles. The third-order valence-corrected chi connectivity index (χ3v) is 2.58. The number of urea groups is 1. The van der Waals surface area contributed by atoms with Crippen LogP contribution in [0.15, 0.2) is 18.2 Å². The smallest absolute Gasteiger partial charge is 0.315 e. The van der Waals surface area contributed by atoms with Crippen LogP contribution in [-0.2, 0) is 11.3 Å². The molecule has 0 aliphatic carbocycles. The van der Waals surface area contributed by atoms with Crippen molar-refractivity contribution in [3.63, 3.8) is 0 Å². The lowest BCUT2D eigenvalue weighted by molar-refractivity contribution is 0.0660. The molecule has 1 rings (SSSR count). The highest BCUT2D eigenvalue weighted by Gasteiger charge is 2.07. The molecule has 0 spiro atoms. The van der Waals surface area contributed by atoms with Crippen molar-refractivity contribution in [2.24, 2.45) is 0 Å². The molecule has 0 saturated carbocycles. The van der Waals surface area contributed by atoms with Crippen molar-refractivity contribution < 1.29 is 19.0 Å². The number of carbonyl (C=O) groups excluding carboxylic acids is 1. The van der Waals surface area contributed by atoms with Gasteiger partial charge < -0.3 is 20.5 Å². The van der Waals surface area contributed by atoms with Gasteiger partial charge >= 0.3 is 6.03 Å². The van der Waals surface area contributed by atoms with Gasteiger partial charge in [0.25, 0.3) is 0 Å². The van der Waals surface area contributed by atoms with Gasteiger partial charge in [-0.05, 0) is 17.7 Å². The number of nitrogens with one attached hydrogen (secondary N) is 2. The molecule has 5 nitrogen and oxygen atoms in total. The molecule has 3 N–H and O–H groups in total. The second-order valence-corrected chi connectivity index (χ2v) is 4.33. The Bertz CT molecular complexity index is 431. The van der Waals surface area contributed by atoms with Crippen molar-refractivity contribution in [3.05, 3.63) is 34.6 Å². The number of halogens is 2. The van der Waals surface area contributed by atoms with Crippen LogP contribution in [-0.4, -0.2) is 37.5 Å². The molecular formula is C12H16ClFN2O3. The fourth-order valence-electron chi connectivity index (χ4n) is 1.36. The lowest BCUT2D eigenvalue weighted by Gasteiger charge is -2.11. The van der Waals surface area contributed by atoms with Crippen molar-refractivity contribution in [2.45, 2.75) is 12.6 Å². The number of aliphatic hydroxyl groups is 1. The molecule has 2 amide bonds. The molecule has 1 aromatic carbocycles. The SMILES string of the molecule is COCC(O)CNC(=O)NCc1ccc(F)c(Cl)c1. The van der Waals surface area contributed by atoms with Crippen LogP contribution in [0.4, 0.5) is 9.18 Å². The number of aliphatic hydroxyl groups excluding tert-OH is 1. The van der Waals surface area contributed by atoms with E-state index in [1.807, 2.05) is 0 Å². The minimum absolute atomic E-state index is 0.00947. The highest BCUT2D eigenvalue weighted by Crippen LogP contribution is 2.15. The molecule has 19 heavy (non-hydrogen) atoms. The number of benzene rings is 1. The number of carbonyl (C=O) groups is 1. The number of amides is 2. The van der Waals surface area contributed by atoms with Crippen molar-refractivity contribution in [3.8, 4) is 0 Å². The number of methoxy groups -OCH3 is 1. The summed E-state index contributed by atoms with van der Waals surface area (Å²) in [6.07, 6.45) is -0.754. The normalized spacial score (nSPS) is 12.0. The largest absolute Gasteiger partial charge is 0.389 e. The Morgan fingerprint density at radius 2 is 2.26 bits per heavy atom. The van der Waals surface area contributed by atoms with Crippen LogP contribution >= 0.6 is 11.6 Å². The topological polar surface area (TPSA) is 70.6 Å². The van der Waals surface area contributed by atoms with E-state index in [-0.39, 0.29) is 24.7 Å². The van der Waals surface area contributed by atoms with Crippen LogP contribution in [0.3, 0.4) is 0 Å². The summed E-state index contributed by atoms with van der Waals surface area (Å²) in [5.41, 5.74) is 0.680. The molecule has 0 saturated heterocycles. The fraction of sp³-hybridized carbons (Fsp3) is 0.417. The summed E-state index contributed by atoms with van der Waals surface area (Å²) in [5.74, 6) is -0.502. The van der Waals surface area contributed by atoms with Crippen LogP contribution in [0.5, 0.6) is 0 Å². The van der Waals surface area contributed by atoms with E-state index in [1.54, 1.807) is 0 Å². The molecular weight excluding hydrogens is 275 g/mol. The summed E-state index contributed by atoms with van der Waals surface area (Å²) >= 11 is 5.62. The molecule has 0 radical (unpaired) electrons. The molecule has 0 fully saturated rings. The summed E-state index contributed by atoms with van der Waals surface area (Å²) in [7, 11) is 1.46. The van der Waals surface area contributed by atoms with Crippen LogP contribution in [0.1, 0.15) is 5.56 Å². The van der Waals surface area contributed by atoms with E-state index in [4.69, 9.17) is 16.3 Å². The molecule has 1 atom stereocenters. The van der Waals surface area contributed by atoms with E-state index < -0.39 is 18.0 Å². The van der Waals surface area contributed by atoms with Gasteiger partial charge in [0.2, 0.25) is 0 Å². The Kier molecular flexibility index (Phi) is 6.55. The summed E-state index contributed by atoms with van der Waals surface area (Å²) in [4.78, 5) is 11.4. The van der Waals surface area contributed by atoms with Crippen LogP contribution < -0.4 is 10.6 Å². The van der Waals surface area contributed by atoms with Gasteiger partial charge in [-0.1, -0.05) is 17.7 Å². The standard InChI is InChI=1S/C12H16ClFN2O3/c1-19-7-9(17)6-16-12(18)15-5-8-2-3-11(14)10(13)4-8/h2-4,9,17H,5-7H2,1H3,(H2,15,16,18). The van der Waals surface area contributed by atoms with E-state index in [0.29, 0.717) is 5.56 Å². The first-order valence-electron chi connectivity index (χ1n) is 5.65. The van der Waals surface area contributed by atoms with Gasteiger partial charge in [-0.15, -0.1) is 0 Å². The van der Waals surface area contributed by atoms with E-state index in [0.717, 1.165) is 0 Å². The van der Waals surface area contributed by atoms with E-state index in [2.05, 4.69) is 10.6 Å². The van der Waals surface area contributed by atoms with Gasteiger partial charge in [0.1, 0.15) is 5.82 Å². The highest BCUT2D eigenvalue weighted by molar-refractivity contribution is 6.30. The lowest BCUT2D eigenvalue weighted by Crippen LogP contribution is -2.40. The van der Waals surface area contributed by atoms with Gasteiger partial charge in [-0.25, -0.2) is 9.18 Å². The van der Waals surface area contributed by atoms with E-state index in [9.17, 15) is 14.3 Å². The first kappa shape index (κ1) is 15.7. The third kappa shape index (κ3) is 5.87. The Hall–Kier alpha value is -1.37. The molecule has 106 valence electrons. The monoisotopic (exact) mass is 290 g/mol. The lowest BCUT2D eigenvalue weighted by atomic mass is 10.2. The Morgan fingerprint density at radius 1 is 1.53 bits per heavy atom. The quantitative estimate of drug-likeness (QED) is 0.739. The minimum Gasteiger partial charge on any atom is -0.389 e. The molecule has 0 bridgehead atoms.